The summed E-state index contributed by atoms with van der Waals surface area (Å²) >= 11 is 0. The van der Waals surface area contributed by atoms with Gasteiger partial charge in [0.05, 0.1) is 5.56 Å². The first kappa shape index (κ1) is 14.9. The Morgan fingerprint density at radius 1 is 1.45 bits per heavy atom. The summed E-state index contributed by atoms with van der Waals surface area (Å²) in [5.74, 6) is -1.99. The molecule has 1 saturated heterocycles. The van der Waals surface area contributed by atoms with E-state index in [1.807, 2.05) is 6.92 Å². The Balaban J connectivity index is 2.43. The van der Waals surface area contributed by atoms with Gasteiger partial charge in [0.2, 0.25) is 10.0 Å². The number of rotatable bonds is 3. The highest BCUT2D eigenvalue weighted by Crippen LogP contribution is 2.25. The fourth-order valence-corrected chi connectivity index (χ4v) is 4.03. The summed E-state index contributed by atoms with van der Waals surface area (Å²) in [6, 6.07) is 2.81. The first-order valence-corrected chi connectivity index (χ1v) is 7.79. The maximum Gasteiger partial charge on any atom is 0.335 e. The van der Waals surface area contributed by atoms with Gasteiger partial charge < -0.3 is 5.11 Å². The number of aromatic carboxylic acids is 1. The van der Waals surface area contributed by atoms with Crippen molar-refractivity contribution in [2.24, 2.45) is 5.92 Å². The number of carboxylic acids is 1. The number of halogens is 1. The average molecular weight is 301 g/mol. The molecular weight excluding hydrogens is 285 g/mol. The Kier molecular flexibility index (Phi) is 4.10. The minimum Gasteiger partial charge on any atom is -0.478 e. The van der Waals surface area contributed by atoms with Crippen LogP contribution in [0.25, 0.3) is 0 Å². The van der Waals surface area contributed by atoms with E-state index in [9.17, 15) is 17.6 Å². The Labute approximate surface area is 117 Å². The largest absolute Gasteiger partial charge is 0.478 e. The third-order valence-corrected chi connectivity index (χ3v) is 5.30. The first-order chi connectivity index (χ1) is 9.32. The van der Waals surface area contributed by atoms with Crippen LogP contribution in [0.15, 0.2) is 23.1 Å². The molecule has 1 N–H and O–H groups in total. The molecule has 0 aliphatic carbocycles. The summed E-state index contributed by atoms with van der Waals surface area (Å²) < 4.78 is 39.9. The quantitative estimate of drug-likeness (QED) is 0.926. The number of sulfonamides is 1. The minimum atomic E-state index is -3.99. The minimum absolute atomic E-state index is 0.212. The average Bonchev–Trinajstić information content (AvgIpc) is 2.38. The molecular formula is C13H16FNO4S. The van der Waals surface area contributed by atoms with Crippen LogP contribution in [0.4, 0.5) is 4.39 Å². The van der Waals surface area contributed by atoms with Gasteiger partial charge in [0, 0.05) is 13.1 Å². The number of hydrogen-bond donors (Lipinski definition) is 1. The van der Waals surface area contributed by atoms with Crippen molar-refractivity contribution in [3.8, 4) is 0 Å². The second-order valence-electron chi connectivity index (χ2n) is 5.06. The molecule has 1 aliphatic rings. The zero-order valence-corrected chi connectivity index (χ0v) is 11.9. The third-order valence-electron chi connectivity index (χ3n) is 3.42. The van der Waals surface area contributed by atoms with Gasteiger partial charge in [-0.2, -0.15) is 4.31 Å². The van der Waals surface area contributed by atoms with E-state index in [-0.39, 0.29) is 11.5 Å². The second kappa shape index (κ2) is 5.49. The topological polar surface area (TPSA) is 74.7 Å². The fourth-order valence-electron chi connectivity index (χ4n) is 2.34. The van der Waals surface area contributed by atoms with E-state index in [4.69, 9.17) is 5.11 Å². The van der Waals surface area contributed by atoms with E-state index < -0.39 is 26.7 Å². The molecule has 1 fully saturated rings. The molecule has 1 heterocycles. The molecule has 2 rings (SSSR count). The Morgan fingerprint density at radius 2 is 2.15 bits per heavy atom. The Bertz CT molecular complexity index is 629. The third kappa shape index (κ3) is 2.83. The molecule has 7 heteroatoms. The standard InChI is InChI=1S/C13H16FNO4S/c1-9-3-2-6-15(8-9)20(18,19)12-7-10(13(16)17)4-5-11(12)14/h4-5,7,9H,2-3,6,8H2,1H3,(H,16,17)/t9-/m0/s1. The van der Waals surface area contributed by atoms with Crippen molar-refractivity contribution in [1.82, 2.24) is 4.31 Å². The first-order valence-electron chi connectivity index (χ1n) is 6.35. The van der Waals surface area contributed by atoms with Gasteiger partial charge in [-0.25, -0.2) is 17.6 Å². The smallest absolute Gasteiger partial charge is 0.335 e. The molecule has 1 aliphatic heterocycles. The number of hydrogen-bond acceptors (Lipinski definition) is 3. The molecule has 0 unspecified atom stereocenters. The van der Waals surface area contributed by atoms with E-state index in [1.54, 1.807) is 0 Å². The van der Waals surface area contributed by atoms with Crippen molar-refractivity contribution in [3.05, 3.63) is 29.6 Å². The van der Waals surface area contributed by atoms with Gasteiger partial charge >= 0.3 is 5.97 Å². The van der Waals surface area contributed by atoms with Crippen LogP contribution >= 0.6 is 0 Å². The van der Waals surface area contributed by atoms with Gasteiger partial charge in [-0.3, -0.25) is 0 Å². The second-order valence-corrected chi connectivity index (χ2v) is 6.97. The summed E-state index contributed by atoms with van der Waals surface area (Å²) in [7, 11) is -3.99. The molecule has 0 amide bonds. The molecule has 0 spiro atoms. The lowest BCUT2D eigenvalue weighted by Gasteiger charge is -2.30. The van der Waals surface area contributed by atoms with Crippen molar-refractivity contribution < 1.29 is 22.7 Å². The van der Waals surface area contributed by atoms with Crippen LogP contribution in [0.3, 0.4) is 0 Å². The molecule has 1 aromatic rings. The van der Waals surface area contributed by atoms with Crippen LogP contribution in [0, 0.1) is 11.7 Å². The van der Waals surface area contributed by atoms with E-state index in [0.717, 1.165) is 31.0 Å². The predicted octanol–water partition coefficient (Wildman–Crippen LogP) is 1.94. The molecule has 1 aromatic carbocycles. The van der Waals surface area contributed by atoms with E-state index in [0.29, 0.717) is 13.1 Å². The van der Waals surface area contributed by atoms with Crippen molar-refractivity contribution in [2.75, 3.05) is 13.1 Å². The normalized spacial score (nSPS) is 20.8. The van der Waals surface area contributed by atoms with Gasteiger partial charge in [-0.1, -0.05) is 6.92 Å². The maximum atomic E-state index is 13.8. The maximum absolute atomic E-state index is 13.8. The highest BCUT2D eigenvalue weighted by atomic mass is 32.2. The predicted molar refractivity (Wildman–Crippen MR) is 70.5 cm³/mol. The molecule has 0 bridgehead atoms. The molecule has 0 radical (unpaired) electrons. The lowest BCUT2D eigenvalue weighted by Crippen LogP contribution is -2.39. The summed E-state index contributed by atoms with van der Waals surface area (Å²) in [4.78, 5) is 10.3. The fraction of sp³-hybridized carbons (Fsp3) is 0.462. The molecule has 0 aromatic heterocycles. The Morgan fingerprint density at radius 3 is 2.75 bits per heavy atom. The Hall–Kier alpha value is -1.47. The summed E-state index contributed by atoms with van der Waals surface area (Å²) in [6.07, 6.45) is 1.66. The number of nitrogens with zero attached hydrogens (tertiary/aromatic N) is 1. The summed E-state index contributed by atoms with van der Waals surface area (Å²) in [5, 5.41) is 8.89. The monoisotopic (exact) mass is 301 g/mol. The van der Waals surface area contributed by atoms with Gasteiger partial charge in [-0.05, 0) is 37.0 Å². The zero-order chi connectivity index (χ0) is 14.9. The van der Waals surface area contributed by atoms with Gasteiger partial charge in [0.1, 0.15) is 10.7 Å². The van der Waals surface area contributed by atoms with E-state index in [1.165, 1.54) is 4.31 Å². The van der Waals surface area contributed by atoms with Gasteiger partial charge in [-0.15, -0.1) is 0 Å². The highest BCUT2D eigenvalue weighted by molar-refractivity contribution is 7.89. The van der Waals surface area contributed by atoms with Crippen molar-refractivity contribution in [3.63, 3.8) is 0 Å². The molecule has 110 valence electrons. The van der Waals surface area contributed by atoms with Crippen molar-refractivity contribution >= 4 is 16.0 Å². The lowest BCUT2D eigenvalue weighted by molar-refractivity contribution is 0.0696. The van der Waals surface area contributed by atoms with Crippen LogP contribution in [0.5, 0.6) is 0 Å². The van der Waals surface area contributed by atoms with Crippen LogP contribution in [0.1, 0.15) is 30.1 Å². The lowest BCUT2D eigenvalue weighted by atomic mass is 10.0. The number of carboxylic acid groups (broad SMARTS) is 1. The van der Waals surface area contributed by atoms with E-state index in [2.05, 4.69) is 0 Å². The highest BCUT2D eigenvalue weighted by Gasteiger charge is 2.31. The van der Waals surface area contributed by atoms with Gasteiger partial charge in [0.25, 0.3) is 0 Å². The van der Waals surface area contributed by atoms with Crippen LogP contribution < -0.4 is 0 Å². The summed E-state index contributed by atoms with van der Waals surface area (Å²) in [5.41, 5.74) is -0.241. The number of piperidine rings is 1. The van der Waals surface area contributed by atoms with Crippen molar-refractivity contribution in [2.45, 2.75) is 24.7 Å². The van der Waals surface area contributed by atoms with Gasteiger partial charge in [0.15, 0.2) is 0 Å². The molecule has 0 saturated carbocycles. The molecule has 1 atom stereocenters. The van der Waals surface area contributed by atoms with Crippen LogP contribution in [-0.2, 0) is 10.0 Å². The summed E-state index contributed by atoms with van der Waals surface area (Å²) in [6.45, 7) is 2.61. The van der Waals surface area contributed by atoms with E-state index >= 15 is 0 Å². The van der Waals surface area contributed by atoms with Crippen LogP contribution in [-0.4, -0.2) is 36.9 Å². The SMILES string of the molecule is C[C@H]1CCCN(S(=O)(=O)c2cc(C(=O)O)ccc2F)C1. The van der Waals surface area contributed by atoms with Crippen molar-refractivity contribution in [1.29, 1.82) is 0 Å². The van der Waals surface area contributed by atoms with Crippen LogP contribution in [0.2, 0.25) is 0 Å². The molecule has 5 nitrogen and oxygen atoms in total. The zero-order valence-electron chi connectivity index (χ0n) is 11.0. The number of carbonyl (C=O) groups is 1. The molecule has 20 heavy (non-hydrogen) atoms. The number of benzene rings is 1.